The van der Waals surface area contributed by atoms with Crippen LogP contribution in [0.4, 0.5) is 5.69 Å². The highest BCUT2D eigenvalue weighted by Crippen LogP contribution is 2.38. The van der Waals surface area contributed by atoms with Crippen molar-refractivity contribution in [2.75, 3.05) is 26.6 Å². The van der Waals surface area contributed by atoms with E-state index in [1.807, 2.05) is 6.07 Å². The summed E-state index contributed by atoms with van der Waals surface area (Å²) in [5, 5.41) is 12.4. The van der Waals surface area contributed by atoms with Crippen LogP contribution in [-0.2, 0) is 4.79 Å². The van der Waals surface area contributed by atoms with Crippen molar-refractivity contribution < 1.29 is 19.0 Å². The van der Waals surface area contributed by atoms with Crippen LogP contribution in [0.25, 0.3) is 6.08 Å². The Labute approximate surface area is 166 Å². The van der Waals surface area contributed by atoms with Gasteiger partial charge in [0.15, 0.2) is 11.5 Å². The highest BCUT2D eigenvalue weighted by molar-refractivity contribution is 6.44. The number of nitrogens with one attached hydrogen (secondary N) is 1. The lowest BCUT2D eigenvalue weighted by Gasteiger charge is -2.13. The van der Waals surface area contributed by atoms with Crippen molar-refractivity contribution in [1.82, 2.24) is 0 Å². The fourth-order valence-corrected chi connectivity index (χ4v) is 2.64. The SMILES string of the molecule is COc1cc(/C=C(\C#N)C(=O)Nc2cccc(Cl)c2Cl)cc(OC)c1OC. The summed E-state index contributed by atoms with van der Waals surface area (Å²) in [5.41, 5.74) is 0.689. The number of amides is 1. The first-order valence-electron chi connectivity index (χ1n) is 7.62. The van der Waals surface area contributed by atoms with E-state index >= 15 is 0 Å². The van der Waals surface area contributed by atoms with Gasteiger partial charge >= 0.3 is 0 Å². The lowest BCUT2D eigenvalue weighted by atomic mass is 10.1. The minimum Gasteiger partial charge on any atom is -0.493 e. The molecule has 0 saturated carbocycles. The fraction of sp³-hybridized carbons (Fsp3) is 0.158. The van der Waals surface area contributed by atoms with E-state index in [0.29, 0.717) is 33.5 Å². The van der Waals surface area contributed by atoms with Crippen LogP contribution in [0.5, 0.6) is 17.2 Å². The van der Waals surface area contributed by atoms with Gasteiger partial charge in [0.05, 0.1) is 37.1 Å². The van der Waals surface area contributed by atoms with Crippen LogP contribution in [-0.4, -0.2) is 27.2 Å². The number of carbonyl (C=O) groups is 1. The fourth-order valence-electron chi connectivity index (χ4n) is 2.29. The highest BCUT2D eigenvalue weighted by atomic mass is 35.5. The number of carbonyl (C=O) groups excluding carboxylic acids is 1. The molecule has 140 valence electrons. The maximum Gasteiger partial charge on any atom is 0.266 e. The summed E-state index contributed by atoms with van der Waals surface area (Å²) in [5.74, 6) is 0.582. The van der Waals surface area contributed by atoms with E-state index in [9.17, 15) is 10.1 Å². The van der Waals surface area contributed by atoms with Crippen molar-refractivity contribution in [3.05, 3.63) is 51.5 Å². The minimum atomic E-state index is -0.629. The lowest BCUT2D eigenvalue weighted by molar-refractivity contribution is -0.112. The number of anilines is 1. The van der Waals surface area contributed by atoms with E-state index in [0.717, 1.165) is 0 Å². The molecule has 0 radical (unpaired) electrons. The molecule has 8 heteroatoms. The smallest absolute Gasteiger partial charge is 0.266 e. The van der Waals surface area contributed by atoms with Crippen molar-refractivity contribution in [2.24, 2.45) is 0 Å². The number of ether oxygens (including phenoxy) is 3. The lowest BCUT2D eigenvalue weighted by Crippen LogP contribution is -2.13. The first-order chi connectivity index (χ1) is 12.9. The average Bonchev–Trinajstić information content (AvgIpc) is 2.68. The number of methoxy groups -OCH3 is 3. The zero-order chi connectivity index (χ0) is 20.0. The Balaban J connectivity index is 2.39. The van der Waals surface area contributed by atoms with E-state index < -0.39 is 5.91 Å². The second-order valence-corrected chi connectivity index (χ2v) is 5.97. The van der Waals surface area contributed by atoms with Gasteiger partial charge in [0, 0.05) is 0 Å². The third-order valence-corrected chi connectivity index (χ3v) is 4.38. The number of hydrogen-bond donors (Lipinski definition) is 1. The first-order valence-corrected chi connectivity index (χ1v) is 8.37. The topological polar surface area (TPSA) is 80.6 Å². The van der Waals surface area contributed by atoms with Gasteiger partial charge in [-0.1, -0.05) is 29.3 Å². The monoisotopic (exact) mass is 406 g/mol. The van der Waals surface area contributed by atoms with Crippen molar-refractivity contribution in [3.63, 3.8) is 0 Å². The minimum absolute atomic E-state index is 0.139. The third kappa shape index (κ3) is 4.64. The summed E-state index contributed by atoms with van der Waals surface area (Å²) in [6, 6.07) is 9.93. The van der Waals surface area contributed by atoms with Gasteiger partial charge in [-0.15, -0.1) is 0 Å². The van der Waals surface area contributed by atoms with Crippen LogP contribution in [0.15, 0.2) is 35.9 Å². The molecule has 0 fully saturated rings. The molecule has 6 nitrogen and oxygen atoms in total. The van der Waals surface area contributed by atoms with E-state index in [2.05, 4.69) is 5.32 Å². The largest absolute Gasteiger partial charge is 0.493 e. The maximum atomic E-state index is 12.5. The van der Waals surface area contributed by atoms with Crippen LogP contribution >= 0.6 is 23.2 Å². The van der Waals surface area contributed by atoms with E-state index in [1.165, 1.54) is 27.4 Å². The average molecular weight is 407 g/mol. The van der Waals surface area contributed by atoms with Crippen LogP contribution < -0.4 is 19.5 Å². The Morgan fingerprint density at radius 3 is 2.26 bits per heavy atom. The number of hydrogen-bond acceptors (Lipinski definition) is 5. The molecule has 0 aliphatic heterocycles. The van der Waals surface area contributed by atoms with Gasteiger partial charge in [-0.2, -0.15) is 5.26 Å². The van der Waals surface area contributed by atoms with Crippen molar-refractivity contribution in [1.29, 1.82) is 5.26 Å². The van der Waals surface area contributed by atoms with Gasteiger partial charge < -0.3 is 19.5 Å². The number of nitrogens with zero attached hydrogens (tertiary/aromatic N) is 1. The Hall–Kier alpha value is -2.88. The van der Waals surface area contributed by atoms with E-state index in [-0.39, 0.29) is 10.6 Å². The Morgan fingerprint density at radius 1 is 1.11 bits per heavy atom. The number of nitriles is 1. The number of rotatable bonds is 6. The van der Waals surface area contributed by atoms with Gasteiger partial charge in [0.2, 0.25) is 5.75 Å². The van der Waals surface area contributed by atoms with Crippen molar-refractivity contribution in [3.8, 4) is 23.3 Å². The molecule has 2 aromatic carbocycles. The van der Waals surface area contributed by atoms with Crippen LogP contribution in [0.2, 0.25) is 10.0 Å². The quantitative estimate of drug-likeness (QED) is 0.561. The normalized spacial score (nSPS) is 10.7. The van der Waals surface area contributed by atoms with Gasteiger partial charge in [-0.05, 0) is 35.9 Å². The Kier molecular flexibility index (Phi) is 6.94. The summed E-state index contributed by atoms with van der Waals surface area (Å²) in [7, 11) is 4.44. The number of halogens is 2. The second kappa shape index (κ2) is 9.17. The van der Waals surface area contributed by atoms with Crippen molar-refractivity contribution in [2.45, 2.75) is 0 Å². The van der Waals surface area contributed by atoms with Crippen molar-refractivity contribution >= 4 is 40.9 Å². The summed E-state index contributed by atoms with van der Waals surface area (Å²) < 4.78 is 15.8. The molecule has 0 atom stereocenters. The first kappa shape index (κ1) is 20.4. The predicted octanol–water partition coefficient (Wildman–Crippen LogP) is 4.56. The summed E-state index contributed by atoms with van der Waals surface area (Å²) >= 11 is 12.0. The predicted molar refractivity (Wildman–Crippen MR) is 105 cm³/mol. The Morgan fingerprint density at radius 2 is 1.74 bits per heavy atom. The molecular weight excluding hydrogens is 391 g/mol. The molecule has 0 heterocycles. The molecule has 0 aliphatic rings. The van der Waals surface area contributed by atoms with Gasteiger partial charge in [0.25, 0.3) is 5.91 Å². The zero-order valence-electron chi connectivity index (χ0n) is 14.8. The van der Waals surface area contributed by atoms with E-state index in [4.69, 9.17) is 37.4 Å². The Bertz CT molecular complexity index is 911. The molecule has 2 rings (SSSR count). The molecular formula is C19H16Cl2N2O4. The summed E-state index contributed by atoms with van der Waals surface area (Å²) in [4.78, 5) is 12.5. The summed E-state index contributed by atoms with van der Waals surface area (Å²) in [6.45, 7) is 0. The molecule has 2 aromatic rings. The molecule has 0 spiro atoms. The second-order valence-electron chi connectivity index (χ2n) is 5.18. The third-order valence-electron chi connectivity index (χ3n) is 3.56. The number of benzene rings is 2. The van der Waals surface area contributed by atoms with Gasteiger partial charge in [0.1, 0.15) is 11.6 Å². The standard InChI is InChI=1S/C19H16Cl2N2O4/c1-25-15-8-11(9-16(26-2)18(15)27-3)7-12(10-22)19(24)23-14-6-4-5-13(20)17(14)21/h4-9H,1-3H3,(H,23,24)/b12-7+. The van der Waals surface area contributed by atoms with Gasteiger partial charge in [-0.25, -0.2) is 0 Å². The molecule has 0 bridgehead atoms. The van der Waals surface area contributed by atoms with Crippen LogP contribution in [0.3, 0.4) is 0 Å². The molecule has 0 aliphatic carbocycles. The molecule has 1 amide bonds. The molecule has 0 saturated heterocycles. The van der Waals surface area contributed by atoms with E-state index in [1.54, 1.807) is 30.3 Å². The zero-order valence-corrected chi connectivity index (χ0v) is 16.3. The van der Waals surface area contributed by atoms with Gasteiger partial charge in [-0.3, -0.25) is 4.79 Å². The molecule has 0 unspecified atom stereocenters. The van der Waals surface area contributed by atoms with Crippen LogP contribution in [0.1, 0.15) is 5.56 Å². The molecule has 27 heavy (non-hydrogen) atoms. The van der Waals surface area contributed by atoms with Crippen LogP contribution in [0, 0.1) is 11.3 Å². The summed E-state index contributed by atoms with van der Waals surface area (Å²) in [6.07, 6.45) is 1.40. The molecule has 1 N–H and O–H groups in total. The maximum absolute atomic E-state index is 12.5. The highest BCUT2D eigenvalue weighted by Gasteiger charge is 2.16. The molecule has 0 aromatic heterocycles.